The molecule has 122 valence electrons. The fourth-order valence-corrected chi connectivity index (χ4v) is 2.25. The Kier molecular flexibility index (Phi) is 5.29. The summed E-state index contributed by atoms with van der Waals surface area (Å²) in [5.74, 6) is 0.803. The Morgan fingerprint density at radius 3 is 2.64 bits per heavy atom. The zero-order valence-corrected chi connectivity index (χ0v) is 13.7. The van der Waals surface area contributed by atoms with Crippen molar-refractivity contribution in [2.45, 2.75) is 51.9 Å². The zero-order valence-electron chi connectivity index (χ0n) is 13.7. The fraction of sp³-hybridized carbons (Fsp3) is 0.588. The molecule has 5 heteroatoms. The molecule has 1 N–H and O–H groups in total. The number of alkyl carbamates (subject to hydrolysis) is 1. The molecule has 0 spiro atoms. The molecule has 1 amide bonds. The van der Waals surface area contributed by atoms with Crippen molar-refractivity contribution in [2.75, 3.05) is 13.2 Å². The van der Waals surface area contributed by atoms with Crippen molar-refractivity contribution in [1.29, 1.82) is 0 Å². The maximum atomic E-state index is 11.8. The summed E-state index contributed by atoms with van der Waals surface area (Å²) in [6.45, 7) is 8.58. The summed E-state index contributed by atoms with van der Waals surface area (Å²) in [5, 5.41) is 2.86. The zero-order chi connectivity index (χ0) is 16.2. The van der Waals surface area contributed by atoms with Gasteiger partial charge in [-0.1, -0.05) is 17.7 Å². The van der Waals surface area contributed by atoms with E-state index < -0.39 is 11.7 Å². The minimum Gasteiger partial charge on any atom is -0.491 e. The summed E-state index contributed by atoms with van der Waals surface area (Å²) in [6.07, 6.45) is 0.193. The smallest absolute Gasteiger partial charge is 0.407 e. The van der Waals surface area contributed by atoms with E-state index in [0.29, 0.717) is 13.2 Å². The number of benzene rings is 1. The Morgan fingerprint density at radius 2 is 2.00 bits per heavy atom. The predicted molar refractivity (Wildman–Crippen MR) is 84.2 cm³/mol. The van der Waals surface area contributed by atoms with Gasteiger partial charge >= 0.3 is 6.09 Å². The number of hydrogen-bond acceptors (Lipinski definition) is 4. The van der Waals surface area contributed by atoms with Gasteiger partial charge in [0.2, 0.25) is 0 Å². The van der Waals surface area contributed by atoms with Crippen LogP contribution in [0.25, 0.3) is 0 Å². The summed E-state index contributed by atoms with van der Waals surface area (Å²) in [7, 11) is 0. The van der Waals surface area contributed by atoms with Crippen LogP contribution in [0.5, 0.6) is 5.75 Å². The Bertz CT molecular complexity index is 492. The molecular weight excluding hydrogens is 282 g/mol. The lowest BCUT2D eigenvalue weighted by Crippen LogP contribution is -2.45. The summed E-state index contributed by atoms with van der Waals surface area (Å²) in [6, 6.07) is 7.78. The second kappa shape index (κ2) is 7.01. The lowest BCUT2D eigenvalue weighted by molar-refractivity contribution is 0.0360. The van der Waals surface area contributed by atoms with Crippen LogP contribution in [-0.2, 0) is 9.47 Å². The first-order chi connectivity index (χ1) is 10.3. The van der Waals surface area contributed by atoms with E-state index in [1.807, 2.05) is 52.0 Å². The van der Waals surface area contributed by atoms with Gasteiger partial charge in [0.15, 0.2) is 0 Å². The molecule has 1 aromatic carbocycles. The van der Waals surface area contributed by atoms with Crippen molar-refractivity contribution in [1.82, 2.24) is 5.32 Å². The highest BCUT2D eigenvalue weighted by Crippen LogP contribution is 2.18. The van der Waals surface area contributed by atoms with Crippen LogP contribution in [0.4, 0.5) is 4.79 Å². The predicted octanol–water partition coefficient (Wildman–Crippen LogP) is 3.06. The van der Waals surface area contributed by atoms with E-state index in [2.05, 4.69) is 5.32 Å². The average Bonchev–Trinajstić information content (AvgIpc) is 2.83. The van der Waals surface area contributed by atoms with E-state index in [9.17, 15) is 4.79 Å². The van der Waals surface area contributed by atoms with Gasteiger partial charge in [0.1, 0.15) is 24.1 Å². The highest BCUT2D eigenvalue weighted by atomic mass is 16.6. The van der Waals surface area contributed by atoms with Gasteiger partial charge in [-0.25, -0.2) is 4.79 Å². The van der Waals surface area contributed by atoms with Crippen LogP contribution < -0.4 is 10.1 Å². The van der Waals surface area contributed by atoms with Gasteiger partial charge in [-0.15, -0.1) is 0 Å². The lowest BCUT2D eigenvalue weighted by atomic mass is 10.1. The number of aryl methyl sites for hydroxylation is 1. The molecule has 5 nitrogen and oxygen atoms in total. The molecule has 1 saturated heterocycles. The first-order valence-electron chi connectivity index (χ1n) is 7.64. The third kappa shape index (κ3) is 5.22. The van der Waals surface area contributed by atoms with E-state index in [-0.39, 0.29) is 12.1 Å². The van der Waals surface area contributed by atoms with Crippen LogP contribution in [0.2, 0.25) is 0 Å². The largest absolute Gasteiger partial charge is 0.491 e. The number of carbonyl (C=O) groups excluding carboxylic acids is 1. The number of carbonyl (C=O) groups is 1. The molecule has 0 bridgehead atoms. The maximum absolute atomic E-state index is 11.8. The monoisotopic (exact) mass is 307 g/mol. The molecule has 0 aliphatic carbocycles. The van der Waals surface area contributed by atoms with Gasteiger partial charge in [-0.3, -0.25) is 0 Å². The molecule has 0 radical (unpaired) electrons. The van der Waals surface area contributed by atoms with Crippen molar-refractivity contribution in [3.63, 3.8) is 0 Å². The molecule has 2 rings (SSSR count). The van der Waals surface area contributed by atoms with Gasteiger partial charge < -0.3 is 19.5 Å². The maximum Gasteiger partial charge on any atom is 0.407 e. The van der Waals surface area contributed by atoms with Crippen molar-refractivity contribution in [2.24, 2.45) is 0 Å². The van der Waals surface area contributed by atoms with Crippen LogP contribution in [0.3, 0.4) is 0 Å². The first-order valence-corrected chi connectivity index (χ1v) is 7.64. The van der Waals surface area contributed by atoms with Gasteiger partial charge in [0, 0.05) is 6.61 Å². The Hall–Kier alpha value is -1.75. The molecule has 1 aliphatic heterocycles. The van der Waals surface area contributed by atoms with E-state index in [0.717, 1.165) is 12.2 Å². The average molecular weight is 307 g/mol. The SMILES string of the molecule is Cc1ccc(OC[C@H]2OCC[C@@H]2NC(=O)OC(C)(C)C)cc1. The highest BCUT2D eigenvalue weighted by Gasteiger charge is 2.31. The molecule has 22 heavy (non-hydrogen) atoms. The molecule has 0 unspecified atom stereocenters. The number of hydrogen-bond donors (Lipinski definition) is 1. The first kappa shape index (κ1) is 16.6. The van der Waals surface area contributed by atoms with Crippen molar-refractivity contribution < 1.29 is 19.0 Å². The third-order valence-electron chi connectivity index (χ3n) is 3.35. The molecule has 1 aliphatic rings. The van der Waals surface area contributed by atoms with Gasteiger partial charge in [0.25, 0.3) is 0 Å². The summed E-state index contributed by atoms with van der Waals surface area (Å²) in [4.78, 5) is 11.8. The van der Waals surface area contributed by atoms with Gasteiger partial charge in [-0.05, 0) is 46.2 Å². The molecule has 0 aromatic heterocycles. The topological polar surface area (TPSA) is 56.8 Å². The van der Waals surface area contributed by atoms with Crippen molar-refractivity contribution >= 4 is 6.09 Å². The Morgan fingerprint density at radius 1 is 1.32 bits per heavy atom. The second-order valence-electron chi connectivity index (χ2n) is 6.57. The molecule has 1 fully saturated rings. The van der Waals surface area contributed by atoms with Gasteiger partial charge in [0.05, 0.1) is 6.04 Å². The van der Waals surface area contributed by atoms with Gasteiger partial charge in [-0.2, -0.15) is 0 Å². The van der Waals surface area contributed by atoms with Crippen LogP contribution in [-0.4, -0.2) is 37.1 Å². The van der Waals surface area contributed by atoms with E-state index in [1.165, 1.54) is 5.56 Å². The van der Waals surface area contributed by atoms with Crippen LogP contribution >= 0.6 is 0 Å². The Labute approximate surface area is 131 Å². The van der Waals surface area contributed by atoms with Crippen LogP contribution in [0.15, 0.2) is 24.3 Å². The number of amides is 1. The number of rotatable bonds is 4. The quantitative estimate of drug-likeness (QED) is 0.929. The van der Waals surface area contributed by atoms with E-state index in [4.69, 9.17) is 14.2 Å². The minimum atomic E-state index is -0.503. The Balaban J connectivity index is 1.82. The van der Waals surface area contributed by atoms with E-state index >= 15 is 0 Å². The molecule has 1 heterocycles. The molecule has 0 saturated carbocycles. The number of ether oxygens (including phenoxy) is 3. The normalized spacial score (nSPS) is 21.5. The summed E-state index contributed by atoms with van der Waals surface area (Å²) >= 11 is 0. The third-order valence-corrected chi connectivity index (χ3v) is 3.35. The fourth-order valence-electron chi connectivity index (χ4n) is 2.25. The van der Waals surface area contributed by atoms with Crippen LogP contribution in [0.1, 0.15) is 32.8 Å². The van der Waals surface area contributed by atoms with E-state index in [1.54, 1.807) is 0 Å². The molecule has 2 atom stereocenters. The van der Waals surface area contributed by atoms with Crippen LogP contribution in [0, 0.1) is 6.92 Å². The second-order valence-corrected chi connectivity index (χ2v) is 6.57. The lowest BCUT2D eigenvalue weighted by Gasteiger charge is -2.24. The minimum absolute atomic E-state index is 0.0831. The standard InChI is InChI=1S/C17H25NO4/c1-12-5-7-13(8-6-12)21-11-15-14(9-10-20-15)18-16(19)22-17(2,3)4/h5-8,14-15H,9-11H2,1-4H3,(H,18,19)/t14-,15+/m0/s1. The molecular formula is C17H25NO4. The van der Waals surface area contributed by atoms with Crippen molar-refractivity contribution in [3.8, 4) is 5.75 Å². The van der Waals surface area contributed by atoms with Crippen molar-refractivity contribution in [3.05, 3.63) is 29.8 Å². The number of nitrogens with one attached hydrogen (secondary N) is 1. The summed E-state index contributed by atoms with van der Waals surface area (Å²) in [5.41, 5.74) is 0.686. The summed E-state index contributed by atoms with van der Waals surface area (Å²) < 4.78 is 16.7. The molecule has 1 aromatic rings. The highest BCUT2D eigenvalue weighted by molar-refractivity contribution is 5.68.